The number of hydrogen-bond donors (Lipinski definition) is 3. The number of aliphatic hydroxyl groups is 2. The van der Waals surface area contributed by atoms with Gasteiger partial charge in [-0.05, 0) is 68.5 Å². The van der Waals surface area contributed by atoms with Crippen LogP contribution in [0.1, 0.15) is 65.7 Å². The Bertz CT molecular complexity index is 1640. The van der Waals surface area contributed by atoms with E-state index in [4.69, 9.17) is 4.74 Å². The van der Waals surface area contributed by atoms with E-state index in [9.17, 15) is 34.1 Å². The molecule has 2 heterocycles. The van der Waals surface area contributed by atoms with Gasteiger partial charge in [0.25, 0.3) is 5.91 Å². The number of carbonyl (C=O) groups excluding carboxylic acids is 3. The monoisotopic (exact) mass is 639 g/mol. The van der Waals surface area contributed by atoms with Gasteiger partial charge in [0.2, 0.25) is 0 Å². The number of benzene rings is 2. The minimum atomic E-state index is -1.42. The van der Waals surface area contributed by atoms with E-state index in [2.05, 4.69) is 10.3 Å². The third-order valence-electron chi connectivity index (χ3n) is 7.32. The Hall–Kier alpha value is -3.87. The van der Waals surface area contributed by atoms with Gasteiger partial charge in [0.1, 0.15) is 17.3 Å². The number of aliphatic hydroxyl groups excluding tert-OH is 2. The molecule has 2 aromatic carbocycles. The summed E-state index contributed by atoms with van der Waals surface area (Å²) in [6.45, 7) is 3.82. The van der Waals surface area contributed by atoms with Crippen LogP contribution in [0, 0.1) is 5.82 Å². The minimum Gasteiger partial charge on any atom is -0.550 e. The van der Waals surface area contributed by atoms with E-state index in [1.165, 1.54) is 37.6 Å². The number of halogens is 1. The van der Waals surface area contributed by atoms with E-state index < -0.39 is 42.3 Å². The summed E-state index contributed by atoms with van der Waals surface area (Å²) in [5.41, 5.74) is 3.82. The molecular weight excluding hydrogens is 604 g/mol. The van der Waals surface area contributed by atoms with Crippen LogP contribution < -0.4 is 40.0 Å². The summed E-state index contributed by atoms with van der Waals surface area (Å²) in [5, 5.41) is 34.5. The summed E-state index contributed by atoms with van der Waals surface area (Å²) in [6.07, 6.45) is -1.42. The molecule has 0 saturated carbocycles. The molecule has 0 spiro atoms. The molecule has 10 nitrogen and oxygen atoms in total. The minimum absolute atomic E-state index is 0. The normalized spacial score (nSPS) is 12.2. The van der Waals surface area contributed by atoms with E-state index >= 15 is 0 Å². The number of esters is 1. The first-order valence-corrected chi connectivity index (χ1v) is 14.5. The van der Waals surface area contributed by atoms with Crippen LogP contribution in [-0.2, 0) is 16.0 Å². The molecule has 2 aromatic heterocycles. The molecule has 3 N–H and O–H groups in total. The molecule has 46 heavy (non-hydrogen) atoms. The molecule has 0 aliphatic carbocycles. The predicted octanol–water partition coefficient (Wildman–Crippen LogP) is 1.16. The average Bonchev–Trinajstić information content (AvgIpc) is 3.36. The van der Waals surface area contributed by atoms with Crippen molar-refractivity contribution in [3.63, 3.8) is 0 Å². The first kappa shape index (κ1) is 36.6. The fourth-order valence-electron chi connectivity index (χ4n) is 5.38. The number of pyridine rings is 1. The number of carbonyl (C=O) groups is 3. The van der Waals surface area contributed by atoms with Gasteiger partial charge < -0.3 is 34.7 Å². The van der Waals surface area contributed by atoms with Crippen LogP contribution in [0.5, 0.6) is 0 Å². The number of nitrogens with zero attached hydrogens (tertiary/aromatic N) is 2. The molecule has 0 radical (unpaired) electrons. The van der Waals surface area contributed by atoms with Crippen molar-refractivity contribution in [2.24, 2.45) is 0 Å². The summed E-state index contributed by atoms with van der Waals surface area (Å²) >= 11 is 0. The van der Waals surface area contributed by atoms with E-state index in [1.54, 1.807) is 12.1 Å². The molecule has 2 atom stereocenters. The summed E-state index contributed by atoms with van der Waals surface area (Å²) in [7, 11) is 1.26. The van der Waals surface area contributed by atoms with Crippen molar-refractivity contribution in [1.82, 2.24) is 9.55 Å². The quantitative estimate of drug-likeness (QED) is 0.146. The Morgan fingerprint density at radius 3 is 2.17 bits per heavy atom. The van der Waals surface area contributed by atoms with Gasteiger partial charge in [0, 0.05) is 41.4 Å². The SMILES string of the molecule is COC(=O)c1ccc(NC(=O)c2c(-c3ccccc3)c(-c3ccc(F)cc3)c(CCC(O)CC(O)CC(=O)[O-])n2C(C)C)nc1.[Na+]. The summed E-state index contributed by atoms with van der Waals surface area (Å²) in [6, 6.07) is 17.9. The van der Waals surface area contributed by atoms with Crippen LogP contribution in [0.4, 0.5) is 10.2 Å². The van der Waals surface area contributed by atoms with Gasteiger partial charge in [0.05, 0.1) is 24.9 Å². The van der Waals surface area contributed by atoms with Crippen molar-refractivity contribution in [2.75, 3.05) is 12.4 Å². The van der Waals surface area contributed by atoms with Crippen molar-refractivity contribution in [3.05, 3.63) is 95.7 Å². The Morgan fingerprint density at radius 2 is 1.61 bits per heavy atom. The third-order valence-corrected chi connectivity index (χ3v) is 7.32. The number of rotatable bonds is 13. The topological polar surface area (TPSA) is 154 Å². The maximum absolute atomic E-state index is 14.2. The third kappa shape index (κ3) is 8.89. The molecule has 4 rings (SSSR count). The van der Waals surface area contributed by atoms with Crippen molar-refractivity contribution in [3.8, 4) is 22.3 Å². The molecule has 0 aliphatic rings. The molecule has 236 valence electrons. The fourth-order valence-corrected chi connectivity index (χ4v) is 5.38. The van der Waals surface area contributed by atoms with Crippen LogP contribution >= 0.6 is 0 Å². The smallest absolute Gasteiger partial charge is 0.550 e. The van der Waals surface area contributed by atoms with Crippen LogP contribution in [0.2, 0.25) is 0 Å². The van der Waals surface area contributed by atoms with Gasteiger partial charge in [-0.15, -0.1) is 0 Å². The average molecular weight is 640 g/mol. The van der Waals surface area contributed by atoms with Gasteiger partial charge in [-0.2, -0.15) is 0 Å². The van der Waals surface area contributed by atoms with Crippen molar-refractivity contribution in [2.45, 2.75) is 57.8 Å². The van der Waals surface area contributed by atoms with Crippen molar-refractivity contribution < 1.29 is 68.4 Å². The first-order chi connectivity index (χ1) is 21.5. The second-order valence-electron chi connectivity index (χ2n) is 10.9. The van der Waals surface area contributed by atoms with E-state index in [-0.39, 0.29) is 66.2 Å². The molecular formula is C34H35FN3NaO7. The maximum Gasteiger partial charge on any atom is 1.00 e. The molecule has 4 aromatic rings. The predicted molar refractivity (Wildman–Crippen MR) is 164 cm³/mol. The standard InChI is InChI=1S/C34H36FN3O7.Na/c1-20(2)38-27(15-14-25(39)17-26(40)18-29(41)42)30(22-9-12-24(35)13-10-22)31(21-7-5-4-6-8-21)32(38)33(43)37-28-16-11-23(19-36-28)34(44)45-3;/h4-13,16,19-20,25-26,39-40H,14-15,17-18H2,1-3H3,(H,41,42)(H,36,37,43);/q;+1/p-1. The zero-order chi connectivity index (χ0) is 32.7. The Kier molecular flexibility index (Phi) is 13.2. The number of methoxy groups -OCH3 is 1. The number of carboxylic acid groups (broad SMARTS) is 1. The number of anilines is 1. The maximum atomic E-state index is 14.2. The number of ether oxygens (including phenoxy) is 1. The van der Waals surface area contributed by atoms with Gasteiger partial charge >= 0.3 is 35.5 Å². The van der Waals surface area contributed by atoms with Crippen LogP contribution in [0.15, 0.2) is 72.9 Å². The number of nitrogens with one attached hydrogen (secondary N) is 1. The molecule has 0 aliphatic heterocycles. The molecule has 0 bridgehead atoms. The van der Waals surface area contributed by atoms with E-state index in [1.807, 2.05) is 48.7 Å². The molecule has 2 unspecified atom stereocenters. The Balaban J connectivity index is 0.00000576. The van der Waals surface area contributed by atoms with Crippen molar-refractivity contribution >= 4 is 23.7 Å². The van der Waals surface area contributed by atoms with Crippen LogP contribution in [0.25, 0.3) is 22.3 Å². The zero-order valence-corrected chi connectivity index (χ0v) is 28.2. The molecule has 0 fully saturated rings. The van der Waals surface area contributed by atoms with E-state index in [0.29, 0.717) is 28.1 Å². The van der Waals surface area contributed by atoms with Crippen LogP contribution in [-0.4, -0.2) is 56.9 Å². The van der Waals surface area contributed by atoms with E-state index in [0.717, 1.165) is 5.56 Å². The number of amides is 1. The number of carboxylic acids is 1. The van der Waals surface area contributed by atoms with Crippen LogP contribution in [0.3, 0.4) is 0 Å². The van der Waals surface area contributed by atoms with Gasteiger partial charge in [0.15, 0.2) is 0 Å². The van der Waals surface area contributed by atoms with Crippen molar-refractivity contribution in [1.29, 1.82) is 0 Å². The summed E-state index contributed by atoms with van der Waals surface area (Å²) < 4.78 is 20.7. The van der Waals surface area contributed by atoms with Gasteiger partial charge in [-0.1, -0.05) is 42.5 Å². The Labute approximate surface area is 288 Å². The second kappa shape index (κ2) is 16.6. The second-order valence-corrected chi connectivity index (χ2v) is 10.9. The summed E-state index contributed by atoms with van der Waals surface area (Å²) in [5.74, 6) is -2.70. The molecule has 0 saturated heterocycles. The largest absolute Gasteiger partial charge is 1.00 e. The first-order valence-electron chi connectivity index (χ1n) is 14.5. The molecule has 1 amide bonds. The van der Waals surface area contributed by atoms with Gasteiger partial charge in [-0.25, -0.2) is 14.2 Å². The summed E-state index contributed by atoms with van der Waals surface area (Å²) in [4.78, 5) is 41.2. The molecule has 12 heteroatoms. The van der Waals surface area contributed by atoms with Gasteiger partial charge in [-0.3, -0.25) is 4.79 Å². The Morgan fingerprint density at radius 1 is 0.957 bits per heavy atom. The number of hydrogen-bond acceptors (Lipinski definition) is 8. The zero-order valence-electron chi connectivity index (χ0n) is 26.2. The number of aromatic nitrogens is 2. The fraction of sp³-hybridized carbons (Fsp3) is 0.294. The number of aliphatic carboxylic acids is 1.